The number of hydrogen-bond donors (Lipinski definition) is 0. The number of morpholine rings is 1. The molecule has 2 aliphatic rings. The van der Waals surface area contributed by atoms with Crippen molar-refractivity contribution in [3.05, 3.63) is 66.7 Å². The highest BCUT2D eigenvalue weighted by atomic mass is 16.7. The molecule has 7 heteroatoms. The van der Waals surface area contributed by atoms with Gasteiger partial charge < -0.3 is 23.5 Å². The maximum atomic E-state index is 5.93. The van der Waals surface area contributed by atoms with E-state index in [9.17, 15) is 0 Å². The number of aromatic nitrogens is 2. The highest BCUT2D eigenvalue weighted by molar-refractivity contribution is 5.46. The molecule has 0 N–H and O–H groups in total. The van der Waals surface area contributed by atoms with Crippen LogP contribution in [0.4, 0.5) is 0 Å². The third-order valence-electron chi connectivity index (χ3n) is 5.15. The van der Waals surface area contributed by atoms with Crippen molar-refractivity contribution in [1.82, 2.24) is 14.5 Å². The molecule has 0 amide bonds. The van der Waals surface area contributed by atoms with Gasteiger partial charge in [-0.2, -0.15) is 0 Å². The second-order valence-corrected chi connectivity index (χ2v) is 7.19. The number of nitrogens with zero attached hydrogens (tertiary/aromatic N) is 3. The van der Waals surface area contributed by atoms with Gasteiger partial charge in [-0.15, -0.1) is 0 Å². The SMILES string of the molecule is c1cn(-c2ccc(CN3CCOC(COc4ccc5c(c4)OCO5)C3)cc2)cn1. The van der Waals surface area contributed by atoms with Crippen LogP contribution in [0.1, 0.15) is 5.56 Å². The van der Waals surface area contributed by atoms with Crippen molar-refractivity contribution in [2.75, 3.05) is 33.1 Å². The number of rotatable bonds is 6. The Morgan fingerprint density at radius 2 is 1.97 bits per heavy atom. The van der Waals surface area contributed by atoms with Gasteiger partial charge in [-0.05, 0) is 29.8 Å². The van der Waals surface area contributed by atoms with E-state index in [1.807, 2.05) is 35.3 Å². The zero-order chi connectivity index (χ0) is 19.5. The summed E-state index contributed by atoms with van der Waals surface area (Å²) in [5.41, 5.74) is 2.40. The molecule has 1 aromatic heterocycles. The Labute approximate surface area is 169 Å². The Morgan fingerprint density at radius 3 is 2.83 bits per heavy atom. The van der Waals surface area contributed by atoms with Crippen molar-refractivity contribution in [3.8, 4) is 22.9 Å². The minimum absolute atomic E-state index is 0.0411. The molecule has 3 heterocycles. The molecule has 1 atom stereocenters. The van der Waals surface area contributed by atoms with E-state index < -0.39 is 0 Å². The first-order valence-corrected chi connectivity index (χ1v) is 9.77. The zero-order valence-corrected chi connectivity index (χ0v) is 16.1. The van der Waals surface area contributed by atoms with Crippen LogP contribution in [0.3, 0.4) is 0 Å². The van der Waals surface area contributed by atoms with Crippen LogP contribution in [0.5, 0.6) is 17.2 Å². The fourth-order valence-corrected chi connectivity index (χ4v) is 3.62. The Hall–Kier alpha value is -3.03. The summed E-state index contributed by atoms with van der Waals surface area (Å²) >= 11 is 0. The minimum atomic E-state index is 0.0411. The molecule has 0 aliphatic carbocycles. The topological polar surface area (TPSA) is 58.0 Å². The van der Waals surface area contributed by atoms with E-state index in [-0.39, 0.29) is 12.9 Å². The number of fused-ring (bicyclic) bond motifs is 1. The standard InChI is InChI=1S/C22H23N3O4/c1-3-18(25-8-7-23-15-25)4-2-17(1)12-24-9-10-26-20(13-24)14-27-19-5-6-21-22(11-19)29-16-28-21/h1-8,11,15,20H,9-10,12-14,16H2. The number of hydrogen-bond acceptors (Lipinski definition) is 6. The molecule has 1 fully saturated rings. The molecule has 150 valence electrons. The predicted octanol–water partition coefficient (Wildman–Crippen LogP) is 2.88. The van der Waals surface area contributed by atoms with Gasteiger partial charge in [-0.25, -0.2) is 4.98 Å². The fraction of sp³-hybridized carbons (Fsp3) is 0.318. The molecule has 1 unspecified atom stereocenters. The Kier molecular flexibility index (Phi) is 5.06. The first-order chi connectivity index (χ1) is 14.3. The fourth-order valence-electron chi connectivity index (χ4n) is 3.62. The smallest absolute Gasteiger partial charge is 0.231 e. The van der Waals surface area contributed by atoms with Gasteiger partial charge in [0.25, 0.3) is 0 Å². The quantitative estimate of drug-likeness (QED) is 0.642. The minimum Gasteiger partial charge on any atom is -0.491 e. The Morgan fingerprint density at radius 1 is 1.07 bits per heavy atom. The van der Waals surface area contributed by atoms with Crippen LogP contribution in [0.2, 0.25) is 0 Å². The first-order valence-electron chi connectivity index (χ1n) is 9.77. The summed E-state index contributed by atoms with van der Waals surface area (Å²) in [7, 11) is 0. The van der Waals surface area contributed by atoms with Gasteiger partial charge in [-0.3, -0.25) is 4.90 Å². The van der Waals surface area contributed by atoms with E-state index >= 15 is 0 Å². The summed E-state index contributed by atoms with van der Waals surface area (Å²) in [5.74, 6) is 2.26. The van der Waals surface area contributed by atoms with Gasteiger partial charge in [0, 0.05) is 43.8 Å². The van der Waals surface area contributed by atoms with E-state index in [1.165, 1.54) is 5.56 Å². The lowest BCUT2D eigenvalue weighted by molar-refractivity contribution is -0.0504. The number of ether oxygens (including phenoxy) is 4. The molecule has 2 aliphatic heterocycles. The van der Waals surface area contributed by atoms with Crippen molar-refractivity contribution in [2.24, 2.45) is 0 Å². The van der Waals surface area contributed by atoms with Gasteiger partial charge in [0.2, 0.25) is 6.79 Å². The lowest BCUT2D eigenvalue weighted by Crippen LogP contribution is -2.44. The second kappa shape index (κ2) is 8.14. The first kappa shape index (κ1) is 18.0. The van der Waals surface area contributed by atoms with Crippen molar-refractivity contribution >= 4 is 0 Å². The van der Waals surface area contributed by atoms with Crippen LogP contribution in [0, 0.1) is 0 Å². The second-order valence-electron chi connectivity index (χ2n) is 7.19. The predicted molar refractivity (Wildman–Crippen MR) is 107 cm³/mol. The summed E-state index contributed by atoms with van der Waals surface area (Å²) < 4.78 is 24.6. The van der Waals surface area contributed by atoms with Crippen LogP contribution in [0.25, 0.3) is 5.69 Å². The third kappa shape index (κ3) is 4.21. The largest absolute Gasteiger partial charge is 0.491 e. The van der Waals surface area contributed by atoms with Crippen LogP contribution in [0.15, 0.2) is 61.2 Å². The molecule has 5 rings (SSSR count). The molecule has 1 saturated heterocycles. The number of imidazole rings is 1. The van der Waals surface area contributed by atoms with E-state index in [1.54, 1.807) is 6.20 Å². The van der Waals surface area contributed by atoms with Crippen LogP contribution < -0.4 is 14.2 Å². The van der Waals surface area contributed by atoms with Gasteiger partial charge in [-0.1, -0.05) is 12.1 Å². The van der Waals surface area contributed by atoms with Gasteiger partial charge in [0.05, 0.1) is 12.9 Å². The average Bonchev–Trinajstić information content (AvgIpc) is 3.45. The summed E-state index contributed by atoms with van der Waals surface area (Å²) in [5, 5.41) is 0. The monoisotopic (exact) mass is 393 g/mol. The van der Waals surface area contributed by atoms with Gasteiger partial charge >= 0.3 is 0 Å². The number of benzene rings is 2. The summed E-state index contributed by atoms with van der Waals surface area (Å²) in [6.07, 6.45) is 5.58. The van der Waals surface area contributed by atoms with E-state index in [0.29, 0.717) is 13.2 Å². The lowest BCUT2D eigenvalue weighted by atomic mass is 10.1. The van der Waals surface area contributed by atoms with Crippen molar-refractivity contribution in [2.45, 2.75) is 12.6 Å². The van der Waals surface area contributed by atoms with E-state index in [4.69, 9.17) is 18.9 Å². The van der Waals surface area contributed by atoms with Crippen molar-refractivity contribution in [3.63, 3.8) is 0 Å². The molecule has 0 spiro atoms. The van der Waals surface area contributed by atoms with Gasteiger partial charge in [0.15, 0.2) is 11.5 Å². The Balaban J connectivity index is 1.14. The van der Waals surface area contributed by atoms with E-state index in [0.717, 1.165) is 42.6 Å². The average molecular weight is 393 g/mol. The zero-order valence-electron chi connectivity index (χ0n) is 16.1. The lowest BCUT2D eigenvalue weighted by Gasteiger charge is -2.32. The molecule has 7 nitrogen and oxygen atoms in total. The molecule has 0 saturated carbocycles. The molecule has 2 aromatic carbocycles. The van der Waals surface area contributed by atoms with Crippen molar-refractivity contribution < 1.29 is 18.9 Å². The highest BCUT2D eigenvalue weighted by Crippen LogP contribution is 2.35. The molecular weight excluding hydrogens is 370 g/mol. The molecule has 0 radical (unpaired) electrons. The van der Waals surface area contributed by atoms with Crippen LogP contribution >= 0.6 is 0 Å². The maximum absolute atomic E-state index is 5.93. The van der Waals surface area contributed by atoms with E-state index in [2.05, 4.69) is 34.1 Å². The summed E-state index contributed by atoms with van der Waals surface area (Å²) in [4.78, 5) is 6.50. The van der Waals surface area contributed by atoms with Crippen LogP contribution in [-0.2, 0) is 11.3 Å². The van der Waals surface area contributed by atoms with Crippen molar-refractivity contribution in [1.29, 1.82) is 0 Å². The highest BCUT2D eigenvalue weighted by Gasteiger charge is 2.22. The van der Waals surface area contributed by atoms with Gasteiger partial charge in [0.1, 0.15) is 18.5 Å². The summed E-state index contributed by atoms with van der Waals surface area (Å²) in [6.45, 7) is 4.15. The molecule has 29 heavy (non-hydrogen) atoms. The molecule has 0 bridgehead atoms. The molecular formula is C22H23N3O4. The molecule has 3 aromatic rings. The third-order valence-corrected chi connectivity index (χ3v) is 5.15. The Bertz CT molecular complexity index is 943. The normalized spacial score (nSPS) is 18.7. The van der Waals surface area contributed by atoms with Crippen LogP contribution in [-0.4, -0.2) is 53.7 Å². The summed E-state index contributed by atoms with van der Waals surface area (Å²) in [6, 6.07) is 14.2. The maximum Gasteiger partial charge on any atom is 0.231 e.